The van der Waals surface area contributed by atoms with Gasteiger partial charge in [-0.2, -0.15) is 13.2 Å². The molecule has 5 nitrogen and oxygen atoms in total. The Bertz CT molecular complexity index is 566. The van der Waals surface area contributed by atoms with Crippen LogP contribution in [0.15, 0.2) is 24.3 Å². The number of carbonyl (C=O) groups is 1. The van der Waals surface area contributed by atoms with Gasteiger partial charge in [0.25, 0.3) is 0 Å². The maximum atomic E-state index is 12.4. The number of carbonyl (C=O) groups excluding carboxylic acids is 1. The predicted octanol–water partition coefficient (Wildman–Crippen LogP) is 2.69. The van der Waals surface area contributed by atoms with Gasteiger partial charge in [0.1, 0.15) is 5.75 Å². The van der Waals surface area contributed by atoms with Gasteiger partial charge in [-0.1, -0.05) is 18.2 Å². The first kappa shape index (κ1) is 18.4. The number of ether oxygens (including phenoxy) is 1. The summed E-state index contributed by atoms with van der Waals surface area (Å²) >= 11 is 0. The molecule has 1 fully saturated rings. The molecule has 1 heterocycles. The minimum absolute atomic E-state index is 0.204. The van der Waals surface area contributed by atoms with E-state index in [1.165, 1.54) is 4.90 Å². The highest BCUT2D eigenvalue weighted by Crippen LogP contribution is 2.24. The average Bonchev–Trinajstić information content (AvgIpc) is 2.91. The van der Waals surface area contributed by atoms with Crippen molar-refractivity contribution in [3.63, 3.8) is 0 Å². The Labute approximate surface area is 139 Å². The molecule has 0 spiro atoms. The summed E-state index contributed by atoms with van der Waals surface area (Å²) < 4.78 is 42.4. The highest BCUT2D eigenvalue weighted by Gasteiger charge is 2.34. The number of hydrogen-bond donors (Lipinski definition) is 2. The number of rotatable bonds is 5. The van der Waals surface area contributed by atoms with E-state index in [-0.39, 0.29) is 18.6 Å². The maximum absolute atomic E-state index is 12.4. The van der Waals surface area contributed by atoms with Crippen molar-refractivity contribution in [2.24, 2.45) is 0 Å². The summed E-state index contributed by atoms with van der Waals surface area (Å²) in [5, 5.41) is 5.52. The molecule has 0 aliphatic carbocycles. The van der Waals surface area contributed by atoms with E-state index in [9.17, 15) is 18.0 Å². The van der Waals surface area contributed by atoms with E-state index >= 15 is 0 Å². The first-order chi connectivity index (χ1) is 11.3. The minimum atomic E-state index is -4.21. The lowest BCUT2D eigenvalue weighted by atomic mass is 10.1. The Morgan fingerprint density at radius 3 is 2.79 bits per heavy atom. The van der Waals surface area contributed by atoms with Gasteiger partial charge >= 0.3 is 12.2 Å². The van der Waals surface area contributed by atoms with Gasteiger partial charge in [0, 0.05) is 24.7 Å². The molecule has 1 aliphatic rings. The molecule has 0 radical (unpaired) electrons. The zero-order valence-corrected chi connectivity index (χ0v) is 13.7. The molecule has 2 rings (SSSR count). The van der Waals surface area contributed by atoms with Gasteiger partial charge in [0.2, 0.25) is 0 Å². The molecule has 134 valence electrons. The highest BCUT2D eigenvalue weighted by atomic mass is 19.4. The summed E-state index contributed by atoms with van der Waals surface area (Å²) in [7, 11) is 1.55. The van der Waals surface area contributed by atoms with E-state index in [0.29, 0.717) is 18.7 Å². The molecule has 0 aromatic heterocycles. The van der Waals surface area contributed by atoms with E-state index in [4.69, 9.17) is 4.74 Å². The Hall–Kier alpha value is -1.96. The van der Waals surface area contributed by atoms with Gasteiger partial charge < -0.3 is 15.4 Å². The van der Waals surface area contributed by atoms with Crippen molar-refractivity contribution in [1.82, 2.24) is 15.5 Å². The normalized spacial score (nSPS) is 19.8. The van der Waals surface area contributed by atoms with Crippen molar-refractivity contribution in [2.45, 2.75) is 31.6 Å². The summed E-state index contributed by atoms with van der Waals surface area (Å²) in [6, 6.07) is 6.38. The zero-order chi connectivity index (χ0) is 17.7. The number of alkyl halides is 3. The number of benzene rings is 1. The monoisotopic (exact) mass is 345 g/mol. The average molecular weight is 345 g/mol. The fourth-order valence-electron chi connectivity index (χ4n) is 2.87. The smallest absolute Gasteiger partial charge is 0.401 e. The van der Waals surface area contributed by atoms with Crippen LogP contribution in [0.25, 0.3) is 0 Å². The summed E-state index contributed by atoms with van der Waals surface area (Å²) in [4.78, 5) is 13.4. The number of amides is 2. The van der Waals surface area contributed by atoms with Gasteiger partial charge in [0.05, 0.1) is 19.7 Å². The molecule has 1 saturated heterocycles. The number of halogens is 3. The number of hydrogen-bond acceptors (Lipinski definition) is 3. The lowest BCUT2D eigenvalue weighted by molar-refractivity contribution is -0.143. The molecule has 1 aromatic carbocycles. The molecule has 2 atom stereocenters. The quantitative estimate of drug-likeness (QED) is 0.863. The molecule has 8 heteroatoms. The van der Waals surface area contributed by atoms with Gasteiger partial charge in [-0.15, -0.1) is 0 Å². The number of methoxy groups -OCH3 is 1. The number of nitrogens with zero attached hydrogens (tertiary/aromatic N) is 1. The van der Waals surface area contributed by atoms with Crippen molar-refractivity contribution in [3.05, 3.63) is 29.8 Å². The molecule has 2 amide bonds. The predicted molar refractivity (Wildman–Crippen MR) is 84.0 cm³/mol. The third-order valence-corrected chi connectivity index (χ3v) is 3.96. The van der Waals surface area contributed by atoms with Crippen molar-refractivity contribution >= 4 is 6.03 Å². The van der Waals surface area contributed by atoms with Crippen LogP contribution >= 0.6 is 0 Å². The van der Waals surface area contributed by atoms with Crippen LogP contribution in [-0.2, 0) is 0 Å². The first-order valence-electron chi connectivity index (χ1n) is 7.77. The highest BCUT2D eigenvalue weighted by molar-refractivity contribution is 5.75. The SMILES string of the molecule is COc1ccccc1[C@@H](C)NC(=O)N[C@@H]1CCN(CC(F)(F)F)C1. The number of nitrogens with one attached hydrogen (secondary N) is 2. The molecular weight excluding hydrogens is 323 g/mol. The first-order valence-corrected chi connectivity index (χ1v) is 7.77. The number of urea groups is 1. The second-order valence-electron chi connectivity index (χ2n) is 5.92. The Kier molecular flexibility index (Phi) is 5.93. The third-order valence-electron chi connectivity index (χ3n) is 3.96. The van der Waals surface area contributed by atoms with E-state index in [2.05, 4.69) is 10.6 Å². The minimum Gasteiger partial charge on any atom is -0.496 e. The molecule has 24 heavy (non-hydrogen) atoms. The third kappa shape index (κ3) is 5.30. The van der Waals surface area contributed by atoms with Gasteiger partial charge in [-0.3, -0.25) is 4.90 Å². The molecule has 0 saturated carbocycles. The second kappa shape index (κ2) is 7.74. The van der Waals surface area contributed by atoms with Crippen molar-refractivity contribution in [2.75, 3.05) is 26.7 Å². The van der Waals surface area contributed by atoms with Crippen LogP contribution in [0.1, 0.15) is 24.9 Å². The van der Waals surface area contributed by atoms with E-state index < -0.39 is 18.8 Å². The summed E-state index contributed by atoms with van der Waals surface area (Å²) in [5.74, 6) is 0.669. The van der Waals surface area contributed by atoms with Crippen molar-refractivity contribution in [3.8, 4) is 5.75 Å². The summed E-state index contributed by atoms with van der Waals surface area (Å²) in [5.41, 5.74) is 0.834. The van der Waals surface area contributed by atoms with Crippen LogP contribution in [0.4, 0.5) is 18.0 Å². The maximum Gasteiger partial charge on any atom is 0.401 e. The molecular formula is C16H22F3N3O2. The molecule has 1 aliphatic heterocycles. The standard InChI is InChI=1S/C16H22F3N3O2/c1-11(13-5-3-4-6-14(13)24-2)20-15(23)21-12-7-8-22(9-12)10-16(17,18)19/h3-6,11-12H,7-10H2,1-2H3,(H2,20,21,23)/t11-,12-/m1/s1. The van der Waals surface area contributed by atoms with Crippen molar-refractivity contribution < 1.29 is 22.7 Å². The molecule has 1 aromatic rings. The van der Waals surface area contributed by atoms with Crippen LogP contribution in [0.2, 0.25) is 0 Å². The van der Waals surface area contributed by atoms with Crippen LogP contribution in [0.5, 0.6) is 5.75 Å². The zero-order valence-electron chi connectivity index (χ0n) is 13.7. The lowest BCUT2D eigenvalue weighted by Gasteiger charge is -2.20. The molecule has 0 unspecified atom stereocenters. The van der Waals surface area contributed by atoms with Crippen LogP contribution in [0, 0.1) is 0 Å². The van der Waals surface area contributed by atoms with Gasteiger partial charge in [-0.05, 0) is 19.4 Å². The Balaban J connectivity index is 1.83. The Morgan fingerprint density at radius 1 is 1.42 bits per heavy atom. The van der Waals surface area contributed by atoms with Gasteiger partial charge in [0.15, 0.2) is 0 Å². The molecule has 2 N–H and O–H groups in total. The fraction of sp³-hybridized carbons (Fsp3) is 0.562. The lowest BCUT2D eigenvalue weighted by Crippen LogP contribution is -2.44. The van der Waals surface area contributed by atoms with Crippen LogP contribution < -0.4 is 15.4 Å². The Morgan fingerprint density at radius 2 is 2.12 bits per heavy atom. The molecule has 0 bridgehead atoms. The van der Waals surface area contributed by atoms with Gasteiger partial charge in [-0.25, -0.2) is 4.79 Å². The summed E-state index contributed by atoms with van der Waals surface area (Å²) in [6.07, 6.45) is -3.71. The van der Waals surface area contributed by atoms with Crippen LogP contribution in [0.3, 0.4) is 0 Å². The van der Waals surface area contributed by atoms with Crippen LogP contribution in [-0.4, -0.2) is 49.9 Å². The number of para-hydroxylation sites is 1. The summed E-state index contributed by atoms with van der Waals surface area (Å²) in [6.45, 7) is 1.41. The van der Waals surface area contributed by atoms with E-state index in [1.54, 1.807) is 13.2 Å². The topological polar surface area (TPSA) is 53.6 Å². The van der Waals surface area contributed by atoms with Crippen molar-refractivity contribution in [1.29, 1.82) is 0 Å². The fourth-order valence-corrected chi connectivity index (χ4v) is 2.87. The van der Waals surface area contributed by atoms with E-state index in [0.717, 1.165) is 5.56 Å². The van der Waals surface area contributed by atoms with E-state index in [1.807, 2.05) is 25.1 Å². The number of likely N-dealkylation sites (tertiary alicyclic amines) is 1. The largest absolute Gasteiger partial charge is 0.496 e. The second-order valence-corrected chi connectivity index (χ2v) is 5.92.